The molecular formula is C23H30N4O4S. The molecule has 1 amide bonds. The van der Waals surface area contributed by atoms with Crippen LogP contribution in [0.3, 0.4) is 0 Å². The molecule has 1 aromatic heterocycles. The zero-order valence-electron chi connectivity index (χ0n) is 18.8. The van der Waals surface area contributed by atoms with Crippen molar-refractivity contribution < 1.29 is 17.9 Å². The summed E-state index contributed by atoms with van der Waals surface area (Å²) in [5.74, 6) is -0.0325. The van der Waals surface area contributed by atoms with Crippen molar-refractivity contribution in [1.29, 1.82) is 0 Å². The van der Waals surface area contributed by atoms with Gasteiger partial charge >= 0.3 is 10.2 Å². The van der Waals surface area contributed by atoms with E-state index in [-0.39, 0.29) is 12.5 Å². The van der Waals surface area contributed by atoms with Crippen molar-refractivity contribution in [2.45, 2.75) is 38.1 Å². The van der Waals surface area contributed by atoms with E-state index in [1.807, 2.05) is 25.2 Å². The number of aromatic nitrogens is 1. The third-order valence-electron chi connectivity index (χ3n) is 6.50. The fourth-order valence-electron chi connectivity index (χ4n) is 4.72. The number of benzene rings is 1. The highest BCUT2D eigenvalue weighted by atomic mass is 32.2. The van der Waals surface area contributed by atoms with Gasteiger partial charge in [-0.05, 0) is 73.2 Å². The van der Waals surface area contributed by atoms with E-state index in [2.05, 4.69) is 20.7 Å². The topological polar surface area (TPSA) is 91.8 Å². The molecular weight excluding hydrogens is 428 g/mol. The third kappa shape index (κ3) is 4.65. The Morgan fingerprint density at radius 2 is 2.12 bits per heavy atom. The molecule has 1 atom stereocenters. The van der Waals surface area contributed by atoms with Gasteiger partial charge in [0.25, 0.3) is 0 Å². The number of carbonyl (C=O) groups is 1. The maximum Gasteiger partial charge on any atom is 0.303 e. The summed E-state index contributed by atoms with van der Waals surface area (Å²) in [7, 11) is 1.15. The number of pyridine rings is 1. The zero-order valence-corrected chi connectivity index (χ0v) is 19.6. The maximum atomic E-state index is 13.0. The number of likely N-dealkylation sites (N-methyl/N-ethyl adjacent to an activating group) is 2. The van der Waals surface area contributed by atoms with Gasteiger partial charge in [-0.2, -0.15) is 12.7 Å². The molecule has 2 aromatic rings. The molecule has 0 saturated carbocycles. The van der Waals surface area contributed by atoms with E-state index in [0.717, 1.165) is 54.5 Å². The second-order valence-electron chi connectivity index (χ2n) is 8.60. The first-order valence-corrected chi connectivity index (χ1v) is 12.3. The Balaban J connectivity index is 1.59. The summed E-state index contributed by atoms with van der Waals surface area (Å²) < 4.78 is 34.5. The van der Waals surface area contributed by atoms with Crippen molar-refractivity contribution >= 4 is 16.1 Å². The number of carbonyl (C=O) groups excluding carboxylic acids is 1. The van der Waals surface area contributed by atoms with Crippen LogP contribution in [0.25, 0.3) is 11.1 Å². The minimum absolute atomic E-state index is 0.000778. The summed E-state index contributed by atoms with van der Waals surface area (Å²) in [6.07, 6.45) is 5.31. The van der Waals surface area contributed by atoms with Gasteiger partial charge in [0, 0.05) is 31.9 Å². The maximum absolute atomic E-state index is 13.0. The number of amides is 1. The van der Waals surface area contributed by atoms with Crippen molar-refractivity contribution in [3.8, 4) is 17.0 Å². The van der Waals surface area contributed by atoms with Crippen molar-refractivity contribution in [2.24, 2.45) is 0 Å². The normalized spacial score (nSPS) is 18.7. The Hall–Kier alpha value is -2.49. The van der Waals surface area contributed by atoms with E-state index >= 15 is 0 Å². The lowest BCUT2D eigenvalue weighted by atomic mass is 9.91. The summed E-state index contributed by atoms with van der Waals surface area (Å²) in [5.41, 5.74) is 5.06. The molecule has 0 spiro atoms. The smallest absolute Gasteiger partial charge is 0.303 e. The van der Waals surface area contributed by atoms with Crippen LogP contribution in [0.2, 0.25) is 0 Å². The van der Waals surface area contributed by atoms with Gasteiger partial charge in [0.2, 0.25) is 11.8 Å². The number of fused-ring (bicyclic) bond motifs is 1. The lowest BCUT2D eigenvalue weighted by Gasteiger charge is -2.24. The van der Waals surface area contributed by atoms with Crippen LogP contribution in [-0.4, -0.2) is 68.9 Å². The average Bonchev–Trinajstić information content (AvgIpc) is 3.42. The summed E-state index contributed by atoms with van der Waals surface area (Å²) in [5, 5.41) is 0. The molecule has 1 N–H and O–H groups in total. The zero-order chi connectivity index (χ0) is 22.9. The number of methoxy groups -OCH3 is 1. The number of hydrogen-bond acceptors (Lipinski definition) is 6. The SMILES string of the molecule is COc1cc(-c2ccc3c(c2CC(=O)NS(=O)(=O)N(C)C2CCN(C)C2)CCC3)ccn1. The number of nitrogens with one attached hydrogen (secondary N) is 1. The summed E-state index contributed by atoms with van der Waals surface area (Å²) in [6, 6.07) is 7.69. The fourth-order valence-corrected chi connectivity index (χ4v) is 5.79. The van der Waals surface area contributed by atoms with Gasteiger partial charge in [0.15, 0.2) is 0 Å². The van der Waals surface area contributed by atoms with Gasteiger partial charge in [0.1, 0.15) is 0 Å². The summed E-state index contributed by atoms with van der Waals surface area (Å²) in [6.45, 7) is 1.50. The molecule has 9 heteroatoms. The molecule has 1 aliphatic carbocycles. The lowest BCUT2D eigenvalue weighted by Crippen LogP contribution is -2.47. The Kier molecular flexibility index (Phi) is 6.50. The predicted molar refractivity (Wildman–Crippen MR) is 123 cm³/mol. The Morgan fingerprint density at radius 3 is 2.84 bits per heavy atom. The first-order valence-electron chi connectivity index (χ1n) is 10.9. The highest BCUT2D eigenvalue weighted by Crippen LogP contribution is 2.34. The first-order chi connectivity index (χ1) is 15.3. The van der Waals surface area contributed by atoms with Crippen LogP contribution in [0, 0.1) is 0 Å². The van der Waals surface area contributed by atoms with E-state index in [1.54, 1.807) is 13.3 Å². The van der Waals surface area contributed by atoms with Crippen LogP contribution in [0.5, 0.6) is 5.88 Å². The predicted octanol–water partition coefficient (Wildman–Crippen LogP) is 1.79. The molecule has 1 aromatic carbocycles. The molecule has 32 heavy (non-hydrogen) atoms. The molecule has 0 bridgehead atoms. The minimum atomic E-state index is -3.91. The van der Waals surface area contributed by atoms with Crippen LogP contribution >= 0.6 is 0 Å². The van der Waals surface area contributed by atoms with Gasteiger partial charge in [-0.1, -0.05) is 12.1 Å². The van der Waals surface area contributed by atoms with Crippen LogP contribution in [0.15, 0.2) is 30.5 Å². The van der Waals surface area contributed by atoms with Crippen molar-refractivity contribution in [2.75, 3.05) is 34.3 Å². The van der Waals surface area contributed by atoms with E-state index < -0.39 is 16.1 Å². The third-order valence-corrected chi connectivity index (χ3v) is 8.04. The summed E-state index contributed by atoms with van der Waals surface area (Å²) in [4.78, 5) is 19.2. The molecule has 8 nitrogen and oxygen atoms in total. The minimum Gasteiger partial charge on any atom is -0.481 e. The van der Waals surface area contributed by atoms with E-state index in [4.69, 9.17) is 4.74 Å². The quantitative estimate of drug-likeness (QED) is 0.680. The summed E-state index contributed by atoms with van der Waals surface area (Å²) >= 11 is 0. The van der Waals surface area contributed by atoms with Crippen molar-refractivity contribution in [3.05, 3.63) is 47.2 Å². The second kappa shape index (κ2) is 9.17. The highest BCUT2D eigenvalue weighted by Gasteiger charge is 2.32. The molecule has 1 aliphatic heterocycles. The fraction of sp³-hybridized carbons (Fsp3) is 0.478. The number of rotatable bonds is 7. The number of hydrogen-bond donors (Lipinski definition) is 1. The second-order valence-corrected chi connectivity index (χ2v) is 10.3. The molecule has 2 aliphatic rings. The van der Waals surface area contributed by atoms with Crippen LogP contribution < -0.4 is 9.46 Å². The van der Waals surface area contributed by atoms with Crippen LogP contribution in [0.1, 0.15) is 29.5 Å². The van der Waals surface area contributed by atoms with Gasteiger partial charge in [-0.3, -0.25) is 4.79 Å². The van der Waals surface area contributed by atoms with Crippen LogP contribution in [-0.2, 0) is 34.3 Å². The first kappa shape index (κ1) is 22.7. The molecule has 2 heterocycles. The monoisotopic (exact) mass is 458 g/mol. The molecule has 172 valence electrons. The average molecular weight is 459 g/mol. The molecule has 4 rings (SSSR count). The molecule has 0 radical (unpaired) electrons. The van der Waals surface area contributed by atoms with Crippen molar-refractivity contribution in [3.63, 3.8) is 0 Å². The van der Waals surface area contributed by atoms with Gasteiger partial charge in [0.05, 0.1) is 13.5 Å². The van der Waals surface area contributed by atoms with E-state index in [1.165, 1.54) is 16.9 Å². The lowest BCUT2D eigenvalue weighted by molar-refractivity contribution is -0.118. The molecule has 1 fully saturated rings. The highest BCUT2D eigenvalue weighted by molar-refractivity contribution is 7.87. The standard InChI is InChI=1S/C23H30N4O4S/c1-26-12-10-18(15-26)27(2)32(29,30)25-22(28)14-21-19-6-4-5-16(19)7-8-20(21)17-9-11-24-23(13-17)31-3/h7-9,11,13,18H,4-6,10,12,14-15H2,1-3H3,(H,25,28). The number of ether oxygens (including phenoxy) is 1. The Morgan fingerprint density at radius 1 is 1.31 bits per heavy atom. The van der Waals surface area contributed by atoms with Crippen molar-refractivity contribution in [1.82, 2.24) is 18.9 Å². The largest absolute Gasteiger partial charge is 0.481 e. The Bertz CT molecular complexity index is 1120. The van der Waals surface area contributed by atoms with E-state index in [9.17, 15) is 13.2 Å². The van der Waals surface area contributed by atoms with Gasteiger partial charge < -0.3 is 9.64 Å². The number of likely N-dealkylation sites (tertiary alicyclic amines) is 1. The van der Waals surface area contributed by atoms with Gasteiger partial charge in [-0.25, -0.2) is 9.71 Å². The van der Waals surface area contributed by atoms with Gasteiger partial charge in [-0.15, -0.1) is 0 Å². The Labute approximate surface area is 189 Å². The molecule has 1 unspecified atom stereocenters. The number of aryl methyl sites for hydroxylation is 1. The van der Waals surface area contributed by atoms with Crippen LogP contribution in [0.4, 0.5) is 0 Å². The molecule has 1 saturated heterocycles. The number of nitrogens with zero attached hydrogens (tertiary/aromatic N) is 3. The van der Waals surface area contributed by atoms with E-state index in [0.29, 0.717) is 12.4 Å².